The van der Waals surface area contributed by atoms with E-state index in [2.05, 4.69) is 34.4 Å². The number of rotatable bonds is 1. The van der Waals surface area contributed by atoms with E-state index in [0.717, 1.165) is 18.2 Å². The summed E-state index contributed by atoms with van der Waals surface area (Å²) in [5.41, 5.74) is 2.47. The van der Waals surface area contributed by atoms with Gasteiger partial charge in [0.05, 0.1) is 10.9 Å². The highest BCUT2D eigenvalue weighted by atomic mass is 32.1. The molecule has 0 spiro atoms. The fraction of sp³-hybridized carbons (Fsp3) is 0.500. The van der Waals surface area contributed by atoms with Crippen LogP contribution in [0.5, 0.6) is 0 Å². The SMILES string of the molecule is Cc1ccsc1-c1cc2n(n1)C1CCCC1CN2. The molecule has 0 saturated heterocycles. The maximum Gasteiger partial charge on any atom is 0.125 e. The molecule has 2 atom stereocenters. The average Bonchev–Trinajstić information content (AvgIpc) is 3.04. The molecule has 0 bridgehead atoms. The van der Waals surface area contributed by atoms with Crippen molar-refractivity contribution in [1.82, 2.24) is 9.78 Å². The van der Waals surface area contributed by atoms with E-state index in [-0.39, 0.29) is 0 Å². The van der Waals surface area contributed by atoms with Crippen LogP contribution in [0.25, 0.3) is 10.6 Å². The van der Waals surface area contributed by atoms with E-state index in [1.165, 1.54) is 35.5 Å². The maximum atomic E-state index is 4.86. The number of aromatic nitrogens is 2. The number of nitrogens with zero attached hydrogens (tertiary/aromatic N) is 2. The summed E-state index contributed by atoms with van der Waals surface area (Å²) >= 11 is 1.79. The summed E-state index contributed by atoms with van der Waals surface area (Å²) in [6, 6.07) is 5.02. The van der Waals surface area contributed by atoms with E-state index >= 15 is 0 Å². The molecule has 1 N–H and O–H groups in total. The molecule has 1 aliphatic heterocycles. The predicted octanol–water partition coefficient (Wildman–Crippen LogP) is 3.69. The highest BCUT2D eigenvalue weighted by Crippen LogP contribution is 2.42. The topological polar surface area (TPSA) is 29.9 Å². The second kappa shape index (κ2) is 3.85. The lowest BCUT2D eigenvalue weighted by Gasteiger charge is -2.28. The number of fused-ring (bicyclic) bond motifs is 3. The predicted molar refractivity (Wildman–Crippen MR) is 75.1 cm³/mol. The Morgan fingerprint density at radius 2 is 2.39 bits per heavy atom. The Balaban J connectivity index is 1.79. The normalized spacial score (nSPS) is 25.6. The van der Waals surface area contributed by atoms with Crippen LogP contribution in [0, 0.1) is 12.8 Å². The van der Waals surface area contributed by atoms with E-state index in [9.17, 15) is 0 Å². The Labute approximate surface area is 111 Å². The summed E-state index contributed by atoms with van der Waals surface area (Å²) in [6.07, 6.45) is 4.00. The molecule has 4 heteroatoms. The highest BCUT2D eigenvalue weighted by Gasteiger charge is 2.34. The zero-order chi connectivity index (χ0) is 12.1. The Kier molecular flexibility index (Phi) is 2.27. The molecular weight excluding hydrogens is 242 g/mol. The molecule has 0 aromatic carbocycles. The number of aryl methyl sites for hydroxylation is 1. The number of thiophene rings is 1. The molecule has 94 valence electrons. The number of hydrogen-bond acceptors (Lipinski definition) is 3. The van der Waals surface area contributed by atoms with Gasteiger partial charge in [-0.3, -0.25) is 0 Å². The smallest absolute Gasteiger partial charge is 0.125 e. The molecule has 18 heavy (non-hydrogen) atoms. The van der Waals surface area contributed by atoms with Crippen LogP contribution in [-0.2, 0) is 0 Å². The van der Waals surface area contributed by atoms with Gasteiger partial charge < -0.3 is 5.32 Å². The lowest BCUT2D eigenvalue weighted by molar-refractivity contribution is 0.348. The van der Waals surface area contributed by atoms with Crippen molar-refractivity contribution in [2.24, 2.45) is 5.92 Å². The molecule has 3 nitrogen and oxygen atoms in total. The van der Waals surface area contributed by atoms with Gasteiger partial charge >= 0.3 is 0 Å². The fourth-order valence-corrected chi connectivity index (χ4v) is 4.22. The molecular formula is C14H17N3S. The van der Waals surface area contributed by atoms with Gasteiger partial charge in [-0.05, 0) is 42.7 Å². The van der Waals surface area contributed by atoms with E-state index in [1.54, 1.807) is 11.3 Å². The molecule has 4 rings (SSSR count). The minimum atomic E-state index is 0.635. The molecule has 2 unspecified atom stereocenters. The first-order valence-electron chi connectivity index (χ1n) is 6.71. The summed E-state index contributed by atoms with van der Waals surface area (Å²) in [7, 11) is 0. The minimum Gasteiger partial charge on any atom is -0.370 e. The largest absolute Gasteiger partial charge is 0.370 e. The van der Waals surface area contributed by atoms with Crippen molar-refractivity contribution in [1.29, 1.82) is 0 Å². The van der Waals surface area contributed by atoms with Crippen LogP contribution in [0.4, 0.5) is 5.82 Å². The molecule has 2 aromatic rings. The van der Waals surface area contributed by atoms with Crippen LogP contribution in [0.3, 0.4) is 0 Å². The van der Waals surface area contributed by atoms with Crippen molar-refractivity contribution >= 4 is 17.2 Å². The monoisotopic (exact) mass is 259 g/mol. The van der Waals surface area contributed by atoms with Crippen molar-refractivity contribution < 1.29 is 0 Å². The van der Waals surface area contributed by atoms with Crippen molar-refractivity contribution in [2.75, 3.05) is 11.9 Å². The zero-order valence-electron chi connectivity index (χ0n) is 10.5. The Bertz CT molecular complexity index is 584. The summed E-state index contributed by atoms with van der Waals surface area (Å²) in [5, 5.41) is 10.5. The van der Waals surface area contributed by atoms with Crippen molar-refractivity contribution in [3.8, 4) is 10.6 Å². The van der Waals surface area contributed by atoms with E-state index in [4.69, 9.17) is 5.10 Å². The first-order chi connectivity index (χ1) is 8.83. The van der Waals surface area contributed by atoms with Crippen LogP contribution in [0.1, 0.15) is 30.9 Å². The number of anilines is 1. The van der Waals surface area contributed by atoms with E-state index in [0.29, 0.717) is 6.04 Å². The third-order valence-electron chi connectivity index (χ3n) is 4.31. The molecule has 0 amide bonds. The quantitative estimate of drug-likeness (QED) is 0.846. The molecule has 2 aliphatic rings. The molecule has 2 aromatic heterocycles. The lowest BCUT2D eigenvalue weighted by atomic mass is 10.0. The zero-order valence-corrected chi connectivity index (χ0v) is 11.3. The second-order valence-electron chi connectivity index (χ2n) is 5.43. The van der Waals surface area contributed by atoms with Crippen molar-refractivity contribution in [2.45, 2.75) is 32.2 Å². The Morgan fingerprint density at radius 1 is 1.44 bits per heavy atom. The maximum absolute atomic E-state index is 4.86. The lowest BCUT2D eigenvalue weighted by Crippen LogP contribution is -2.29. The second-order valence-corrected chi connectivity index (χ2v) is 6.35. The Morgan fingerprint density at radius 3 is 3.22 bits per heavy atom. The number of hydrogen-bond donors (Lipinski definition) is 1. The van der Waals surface area contributed by atoms with Gasteiger partial charge in [0.15, 0.2) is 0 Å². The van der Waals surface area contributed by atoms with Gasteiger partial charge in [-0.15, -0.1) is 11.3 Å². The van der Waals surface area contributed by atoms with Crippen LogP contribution in [-0.4, -0.2) is 16.3 Å². The molecule has 1 saturated carbocycles. The van der Waals surface area contributed by atoms with Gasteiger partial charge in [-0.2, -0.15) is 5.10 Å². The van der Waals surface area contributed by atoms with E-state index in [1.807, 2.05) is 0 Å². The van der Waals surface area contributed by atoms with Gasteiger partial charge in [0, 0.05) is 12.6 Å². The fourth-order valence-electron chi connectivity index (χ4n) is 3.34. The summed E-state index contributed by atoms with van der Waals surface area (Å²) in [5.74, 6) is 2.00. The third kappa shape index (κ3) is 1.45. The summed E-state index contributed by atoms with van der Waals surface area (Å²) < 4.78 is 2.25. The standard InChI is InChI=1S/C14H17N3S/c1-9-5-6-18-14(9)11-7-13-15-8-10-3-2-4-12(10)17(13)16-11/h5-7,10,12,15H,2-4,8H2,1H3. The first kappa shape index (κ1) is 10.6. The van der Waals surface area contributed by atoms with Gasteiger partial charge in [0.1, 0.15) is 11.5 Å². The van der Waals surface area contributed by atoms with Gasteiger partial charge in [-0.25, -0.2) is 4.68 Å². The number of nitrogens with one attached hydrogen (secondary N) is 1. The van der Waals surface area contributed by atoms with Crippen molar-refractivity contribution in [3.63, 3.8) is 0 Å². The summed E-state index contributed by atoms with van der Waals surface area (Å²) in [6.45, 7) is 3.29. The molecule has 0 radical (unpaired) electrons. The first-order valence-corrected chi connectivity index (χ1v) is 7.59. The summed E-state index contributed by atoms with van der Waals surface area (Å²) in [4.78, 5) is 1.31. The van der Waals surface area contributed by atoms with Crippen LogP contribution in [0.2, 0.25) is 0 Å². The minimum absolute atomic E-state index is 0.635. The van der Waals surface area contributed by atoms with E-state index < -0.39 is 0 Å². The van der Waals surface area contributed by atoms with Crippen LogP contribution in [0.15, 0.2) is 17.5 Å². The molecule has 3 heterocycles. The van der Waals surface area contributed by atoms with Gasteiger partial charge in [0.25, 0.3) is 0 Å². The third-order valence-corrected chi connectivity index (χ3v) is 5.35. The van der Waals surface area contributed by atoms with Crippen LogP contribution >= 0.6 is 11.3 Å². The van der Waals surface area contributed by atoms with Gasteiger partial charge in [-0.1, -0.05) is 6.42 Å². The van der Waals surface area contributed by atoms with Gasteiger partial charge in [0.2, 0.25) is 0 Å². The Hall–Kier alpha value is -1.29. The van der Waals surface area contributed by atoms with Crippen molar-refractivity contribution in [3.05, 3.63) is 23.1 Å². The highest BCUT2D eigenvalue weighted by molar-refractivity contribution is 7.13. The van der Waals surface area contributed by atoms with Crippen LogP contribution < -0.4 is 5.32 Å². The molecule has 1 fully saturated rings. The average molecular weight is 259 g/mol. The molecule has 1 aliphatic carbocycles.